The molecule has 1 saturated carbocycles. The van der Waals surface area contributed by atoms with Gasteiger partial charge in [0.2, 0.25) is 5.95 Å². The topological polar surface area (TPSA) is 136 Å². The maximum atomic E-state index is 11.8. The Bertz CT molecular complexity index is 882. The number of rotatable bonds is 5. The van der Waals surface area contributed by atoms with E-state index in [0.717, 1.165) is 5.57 Å². The van der Waals surface area contributed by atoms with Crippen molar-refractivity contribution in [2.45, 2.75) is 20.3 Å². The summed E-state index contributed by atoms with van der Waals surface area (Å²) in [5.41, 5.74) is 5.98. The molecule has 128 valence electrons. The molecule has 0 bridgehead atoms. The summed E-state index contributed by atoms with van der Waals surface area (Å²) in [4.78, 5) is 33.9. The van der Waals surface area contributed by atoms with Gasteiger partial charge in [0.25, 0.3) is 5.56 Å². The molecule has 9 heteroatoms. The molecule has 9 nitrogen and oxygen atoms in total. The summed E-state index contributed by atoms with van der Waals surface area (Å²) in [5.74, 6) is -0.519. The van der Waals surface area contributed by atoms with Crippen LogP contribution in [0.15, 0.2) is 16.7 Å². The number of aliphatic hydroxyl groups excluding tert-OH is 1. The standard InChI is InChI=1S/C15H19N5O4/c1-8(2)13(23)24-6-15(5-21)3-9(15)4-20-7-17-10-11(20)18-14(16)19-12(10)22/h4,7-8,21H,3,5-6H2,1-2H3,(H3,16,18,19,22). The van der Waals surface area contributed by atoms with Gasteiger partial charge in [-0.1, -0.05) is 13.8 Å². The molecule has 2 heterocycles. The number of hydrogen-bond donors (Lipinski definition) is 3. The lowest BCUT2D eigenvalue weighted by Gasteiger charge is -2.13. The Morgan fingerprint density at radius 3 is 3.04 bits per heavy atom. The van der Waals surface area contributed by atoms with Gasteiger partial charge in [-0.15, -0.1) is 0 Å². The van der Waals surface area contributed by atoms with Crippen molar-refractivity contribution in [2.24, 2.45) is 11.3 Å². The van der Waals surface area contributed by atoms with Crippen LogP contribution in [0.25, 0.3) is 17.4 Å². The molecule has 1 unspecified atom stereocenters. The van der Waals surface area contributed by atoms with Gasteiger partial charge in [-0.05, 0) is 12.0 Å². The highest BCUT2D eigenvalue weighted by Gasteiger charge is 2.50. The minimum Gasteiger partial charge on any atom is -0.464 e. The molecule has 1 fully saturated rings. The Morgan fingerprint density at radius 2 is 2.38 bits per heavy atom. The van der Waals surface area contributed by atoms with E-state index < -0.39 is 11.0 Å². The molecule has 2 aromatic heterocycles. The van der Waals surface area contributed by atoms with Gasteiger partial charge in [0.05, 0.1) is 17.9 Å². The van der Waals surface area contributed by atoms with Crippen LogP contribution in [-0.2, 0) is 9.53 Å². The molecular formula is C15H19N5O4. The van der Waals surface area contributed by atoms with Crippen molar-refractivity contribution in [1.82, 2.24) is 19.5 Å². The van der Waals surface area contributed by atoms with E-state index in [9.17, 15) is 14.7 Å². The maximum Gasteiger partial charge on any atom is 0.308 e. The van der Waals surface area contributed by atoms with Crippen LogP contribution in [0.4, 0.5) is 5.95 Å². The number of aliphatic hydroxyl groups is 1. The van der Waals surface area contributed by atoms with Crippen molar-refractivity contribution in [3.05, 3.63) is 22.3 Å². The highest BCUT2D eigenvalue weighted by molar-refractivity contribution is 5.74. The monoisotopic (exact) mass is 333 g/mol. The molecule has 0 spiro atoms. The average Bonchev–Trinajstić information content (AvgIpc) is 3.07. The number of carbonyl (C=O) groups excluding carboxylic acids is 1. The van der Waals surface area contributed by atoms with Crippen molar-refractivity contribution >= 4 is 29.3 Å². The number of nitrogens with one attached hydrogen (secondary N) is 1. The third-order valence-electron chi connectivity index (χ3n) is 4.10. The zero-order valence-electron chi connectivity index (χ0n) is 13.4. The zero-order valence-corrected chi connectivity index (χ0v) is 13.4. The number of carbonyl (C=O) groups is 1. The van der Waals surface area contributed by atoms with Crippen molar-refractivity contribution in [3.8, 4) is 0 Å². The number of imidazole rings is 1. The first-order valence-electron chi connectivity index (χ1n) is 7.57. The summed E-state index contributed by atoms with van der Waals surface area (Å²) < 4.78 is 6.82. The highest BCUT2D eigenvalue weighted by Crippen LogP contribution is 2.52. The average molecular weight is 333 g/mol. The molecule has 4 N–H and O–H groups in total. The predicted octanol–water partition coefficient (Wildman–Crippen LogP) is 0.124. The summed E-state index contributed by atoms with van der Waals surface area (Å²) in [5, 5.41) is 9.66. The molecule has 24 heavy (non-hydrogen) atoms. The van der Waals surface area contributed by atoms with E-state index in [-0.39, 0.29) is 36.6 Å². The van der Waals surface area contributed by atoms with E-state index in [4.69, 9.17) is 10.5 Å². The molecule has 1 aliphatic rings. The molecule has 0 aliphatic heterocycles. The third kappa shape index (κ3) is 2.78. The second-order valence-electron chi connectivity index (χ2n) is 6.31. The smallest absolute Gasteiger partial charge is 0.308 e. The molecule has 2 aromatic rings. The van der Waals surface area contributed by atoms with Crippen molar-refractivity contribution in [3.63, 3.8) is 0 Å². The predicted molar refractivity (Wildman–Crippen MR) is 86.8 cm³/mol. The second-order valence-corrected chi connectivity index (χ2v) is 6.31. The van der Waals surface area contributed by atoms with Gasteiger partial charge >= 0.3 is 5.97 Å². The van der Waals surface area contributed by atoms with Crippen LogP contribution in [0.5, 0.6) is 0 Å². The summed E-state index contributed by atoms with van der Waals surface area (Å²) in [6.45, 7) is 3.49. The van der Waals surface area contributed by atoms with Crippen LogP contribution in [0.2, 0.25) is 0 Å². The van der Waals surface area contributed by atoms with Gasteiger partial charge < -0.3 is 15.6 Å². The first kappa shape index (κ1) is 16.2. The largest absolute Gasteiger partial charge is 0.464 e. The number of nitrogens with zero attached hydrogens (tertiary/aromatic N) is 3. The van der Waals surface area contributed by atoms with Crippen molar-refractivity contribution in [2.75, 3.05) is 18.9 Å². The van der Waals surface area contributed by atoms with Crippen LogP contribution in [0.1, 0.15) is 20.3 Å². The fourth-order valence-electron chi connectivity index (χ4n) is 2.43. The van der Waals surface area contributed by atoms with Gasteiger partial charge in [-0.3, -0.25) is 19.1 Å². The molecule has 1 aliphatic carbocycles. The molecule has 0 saturated heterocycles. The van der Waals surface area contributed by atoms with Gasteiger partial charge in [-0.2, -0.15) is 4.98 Å². The summed E-state index contributed by atoms with van der Waals surface area (Å²) in [6, 6.07) is 0. The normalized spacial score (nSPS) is 21.6. The van der Waals surface area contributed by atoms with Gasteiger partial charge in [0.15, 0.2) is 11.2 Å². The fraction of sp³-hybridized carbons (Fsp3) is 0.467. The molecule has 0 radical (unpaired) electrons. The van der Waals surface area contributed by atoms with Gasteiger partial charge in [-0.25, -0.2) is 4.98 Å². The van der Waals surface area contributed by atoms with E-state index in [1.54, 1.807) is 24.6 Å². The quantitative estimate of drug-likeness (QED) is 0.661. The number of nitrogens with two attached hydrogens (primary N) is 1. The van der Waals surface area contributed by atoms with E-state index in [0.29, 0.717) is 12.1 Å². The first-order chi connectivity index (χ1) is 11.4. The first-order valence-corrected chi connectivity index (χ1v) is 7.57. The highest BCUT2D eigenvalue weighted by atomic mass is 16.5. The van der Waals surface area contributed by atoms with Crippen LogP contribution in [-0.4, -0.2) is 43.8 Å². The third-order valence-corrected chi connectivity index (χ3v) is 4.10. The number of aromatic nitrogens is 4. The van der Waals surface area contributed by atoms with E-state index in [1.807, 2.05) is 0 Å². The zero-order chi connectivity index (χ0) is 17.5. The van der Waals surface area contributed by atoms with Gasteiger partial charge in [0, 0.05) is 6.20 Å². The molecular weight excluding hydrogens is 314 g/mol. The van der Waals surface area contributed by atoms with Gasteiger partial charge in [0.1, 0.15) is 12.9 Å². The number of aromatic amines is 1. The second kappa shape index (κ2) is 5.75. The van der Waals surface area contributed by atoms with Crippen LogP contribution in [0.3, 0.4) is 0 Å². The number of hydrogen-bond acceptors (Lipinski definition) is 7. The van der Waals surface area contributed by atoms with Crippen LogP contribution < -0.4 is 11.3 Å². The molecule has 0 amide bonds. The number of ether oxygens (including phenoxy) is 1. The summed E-state index contributed by atoms with van der Waals surface area (Å²) in [7, 11) is 0. The molecule has 3 rings (SSSR count). The SMILES string of the molecule is CC(C)C(=O)OCC1(CO)CC1=Cn1cnc2c(=O)[nH]c(N)nc21. The number of fused-ring (bicyclic) bond motifs is 1. The van der Waals surface area contributed by atoms with E-state index in [2.05, 4.69) is 15.0 Å². The Labute approximate surface area is 137 Å². The number of esters is 1. The van der Waals surface area contributed by atoms with E-state index >= 15 is 0 Å². The minimum absolute atomic E-state index is 0.00253. The summed E-state index contributed by atoms with van der Waals surface area (Å²) >= 11 is 0. The van der Waals surface area contributed by atoms with E-state index in [1.165, 1.54) is 6.33 Å². The van der Waals surface area contributed by atoms with Crippen molar-refractivity contribution < 1.29 is 14.6 Å². The number of nitrogen functional groups attached to an aromatic ring is 1. The summed E-state index contributed by atoms with van der Waals surface area (Å²) in [6.07, 6.45) is 3.79. The lowest BCUT2D eigenvalue weighted by Crippen LogP contribution is -2.21. The maximum absolute atomic E-state index is 11.8. The Kier molecular flexibility index (Phi) is 3.88. The molecule has 1 atom stereocenters. The Hall–Kier alpha value is -2.68. The number of H-pyrrole nitrogens is 1. The van der Waals surface area contributed by atoms with Crippen molar-refractivity contribution in [1.29, 1.82) is 0 Å². The van der Waals surface area contributed by atoms with Crippen LogP contribution in [0, 0.1) is 11.3 Å². The lowest BCUT2D eigenvalue weighted by atomic mass is 10.1. The molecule has 0 aromatic carbocycles. The number of anilines is 1. The lowest BCUT2D eigenvalue weighted by molar-refractivity contribution is -0.149. The Morgan fingerprint density at radius 1 is 1.62 bits per heavy atom. The van der Waals surface area contributed by atoms with Crippen LogP contribution >= 0.6 is 0 Å². The Balaban J connectivity index is 1.85. The fourth-order valence-corrected chi connectivity index (χ4v) is 2.43. The minimum atomic E-state index is -0.576.